The molecule has 0 radical (unpaired) electrons. The number of carbonyl (C=O) groups excluding carboxylic acids is 1. The molecule has 24 heavy (non-hydrogen) atoms. The van der Waals surface area contributed by atoms with E-state index in [0.717, 1.165) is 43.7 Å². The van der Waals surface area contributed by atoms with Gasteiger partial charge in [-0.25, -0.2) is 0 Å². The molecule has 0 spiro atoms. The number of ether oxygens (including phenoxy) is 1. The van der Waals surface area contributed by atoms with Gasteiger partial charge in [0.2, 0.25) is 5.91 Å². The Bertz CT molecular complexity index is 495. The Labute approximate surface area is 146 Å². The van der Waals surface area contributed by atoms with Crippen molar-refractivity contribution >= 4 is 5.91 Å². The highest BCUT2D eigenvalue weighted by Crippen LogP contribution is 2.24. The van der Waals surface area contributed by atoms with E-state index in [0.29, 0.717) is 12.5 Å². The summed E-state index contributed by atoms with van der Waals surface area (Å²) >= 11 is 0. The van der Waals surface area contributed by atoms with Crippen LogP contribution in [0.1, 0.15) is 57.9 Å². The summed E-state index contributed by atoms with van der Waals surface area (Å²) in [6.07, 6.45) is 7.16. The molecule has 1 aromatic carbocycles. The van der Waals surface area contributed by atoms with Gasteiger partial charge in [0.1, 0.15) is 5.75 Å². The predicted octanol–water partition coefficient (Wildman–Crippen LogP) is 3.53. The number of unbranched alkanes of at least 4 members (excludes halogenated alkanes) is 3. The van der Waals surface area contributed by atoms with Crippen molar-refractivity contribution in [3.63, 3.8) is 0 Å². The molecule has 0 bridgehead atoms. The second-order valence-corrected chi connectivity index (χ2v) is 6.79. The molecule has 1 aromatic rings. The molecule has 2 rings (SSSR count). The lowest BCUT2D eigenvalue weighted by atomic mass is 9.86. The number of carbonyl (C=O) groups is 1. The summed E-state index contributed by atoms with van der Waals surface area (Å²) in [4.78, 5) is 14.5. The Morgan fingerprint density at radius 3 is 2.46 bits per heavy atom. The van der Waals surface area contributed by atoms with Crippen LogP contribution in [0.15, 0.2) is 24.3 Å². The van der Waals surface area contributed by atoms with Gasteiger partial charge < -0.3 is 15.4 Å². The first-order chi connectivity index (χ1) is 11.6. The van der Waals surface area contributed by atoms with Gasteiger partial charge >= 0.3 is 0 Å². The minimum atomic E-state index is 0.197. The smallest absolute Gasteiger partial charge is 0.227 e. The van der Waals surface area contributed by atoms with E-state index in [-0.39, 0.29) is 11.9 Å². The van der Waals surface area contributed by atoms with Gasteiger partial charge in [-0.2, -0.15) is 0 Å². The molecule has 0 aliphatic heterocycles. The number of rotatable bonds is 10. The van der Waals surface area contributed by atoms with Crippen LogP contribution < -0.4 is 10.5 Å². The minimum Gasteiger partial charge on any atom is -0.494 e. The van der Waals surface area contributed by atoms with Crippen molar-refractivity contribution in [2.75, 3.05) is 13.2 Å². The molecule has 2 N–H and O–H groups in total. The number of nitrogens with two attached hydrogens (primary N) is 1. The maximum atomic E-state index is 12.5. The largest absolute Gasteiger partial charge is 0.494 e. The predicted molar refractivity (Wildman–Crippen MR) is 98.2 cm³/mol. The fraction of sp³-hybridized carbons (Fsp3) is 0.650. The maximum absolute atomic E-state index is 12.5. The summed E-state index contributed by atoms with van der Waals surface area (Å²) < 4.78 is 5.75. The van der Waals surface area contributed by atoms with Gasteiger partial charge in [0.05, 0.1) is 13.0 Å². The van der Waals surface area contributed by atoms with Crippen LogP contribution in [0.4, 0.5) is 0 Å². The molecule has 1 saturated carbocycles. The average molecular weight is 332 g/mol. The summed E-state index contributed by atoms with van der Waals surface area (Å²) in [7, 11) is 0. The van der Waals surface area contributed by atoms with E-state index in [9.17, 15) is 4.79 Å². The van der Waals surface area contributed by atoms with Gasteiger partial charge in [-0.3, -0.25) is 4.79 Å². The second kappa shape index (κ2) is 9.67. The molecular formula is C20H32N2O2. The van der Waals surface area contributed by atoms with Crippen LogP contribution in [0, 0.1) is 0 Å². The molecule has 134 valence electrons. The highest BCUT2D eigenvalue weighted by molar-refractivity contribution is 5.79. The molecule has 4 nitrogen and oxygen atoms in total. The van der Waals surface area contributed by atoms with Crippen LogP contribution in [0.25, 0.3) is 0 Å². The SMILES string of the molecule is CCCCCCOc1ccc(CC(=O)N(CC)C2CC(N)C2)cc1. The fourth-order valence-corrected chi connectivity index (χ4v) is 3.22. The molecule has 0 unspecified atom stereocenters. The fourth-order valence-electron chi connectivity index (χ4n) is 3.22. The van der Waals surface area contributed by atoms with Gasteiger partial charge in [-0.15, -0.1) is 0 Å². The first kappa shape index (κ1) is 18.8. The average Bonchev–Trinajstić information content (AvgIpc) is 2.55. The molecule has 1 amide bonds. The number of likely N-dealkylation sites (N-methyl/N-ethyl adjacent to an activating group) is 1. The highest BCUT2D eigenvalue weighted by atomic mass is 16.5. The van der Waals surface area contributed by atoms with Gasteiger partial charge in [0.15, 0.2) is 0 Å². The van der Waals surface area contributed by atoms with Gasteiger partial charge in [-0.05, 0) is 43.9 Å². The summed E-state index contributed by atoms with van der Waals surface area (Å²) in [5.74, 6) is 1.09. The van der Waals surface area contributed by atoms with E-state index >= 15 is 0 Å². The number of amides is 1. The van der Waals surface area contributed by atoms with Crippen LogP contribution in [0.3, 0.4) is 0 Å². The third-order valence-electron chi connectivity index (χ3n) is 4.80. The van der Waals surface area contributed by atoms with Crippen molar-refractivity contribution in [2.24, 2.45) is 5.73 Å². The number of nitrogens with zero attached hydrogens (tertiary/aromatic N) is 1. The van der Waals surface area contributed by atoms with E-state index in [1.165, 1.54) is 19.3 Å². The number of hydrogen-bond donors (Lipinski definition) is 1. The lowest BCUT2D eigenvalue weighted by molar-refractivity contribution is -0.134. The number of hydrogen-bond acceptors (Lipinski definition) is 3. The Morgan fingerprint density at radius 1 is 1.17 bits per heavy atom. The van der Waals surface area contributed by atoms with Crippen molar-refractivity contribution in [3.05, 3.63) is 29.8 Å². The molecule has 1 fully saturated rings. The highest BCUT2D eigenvalue weighted by Gasteiger charge is 2.32. The molecule has 1 aliphatic carbocycles. The van der Waals surface area contributed by atoms with Crippen LogP contribution in [0.2, 0.25) is 0 Å². The quantitative estimate of drug-likeness (QED) is 0.667. The van der Waals surface area contributed by atoms with Crippen molar-refractivity contribution in [2.45, 2.75) is 70.9 Å². The topological polar surface area (TPSA) is 55.6 Å². The van der Waals surface area contributed by atoms with Crippen molar-refractivity contribution in [1.29, 1.82) is 0 Å². The molecule has 0 aromatic heterocycles. The van der Waals surface area contributed by atoms with E-state index in [1.54, 1.807) is 0 Å². The summed E-state index contributed by atoms with van der Waals surface area (Å²) in [5.41, 5.74) is 6.89. The van der Waals surface area contributed by atoms with E-state index < -0.39 is 0 Å². The summed E-state index contributed by atoms with van der Waals surface area (Å²) in [6.45, 7) is 5.77. The molecule has 0 heterocycles. The van der Waals surface area contributed by atoms with Gasteiger partial charge in [0, 0.05) is 18.6 Å². The van der Waals surface area contributed by atoms with Crippen molar-refractivity contribution < 1.29 is 9.53 Å². The van der Waals surface area contributed by atoms with Crippen molar-refractivity contribution in [1.82, 2.24) is 4.90 Å². The Kier molecular flexibility index (Phi) is 7.57. The third kappa shape index (κ3) is 5.52. The van der Waals surface area contributed by atoms with E-state index in [1.807, 2.05) is 36.1 Å². The Hall–Kier alpha value is -1.55. The summed E-state index contributed by atoms with van der Waals surface area (Å²) in [6, 6.07) is 8.55. The zero-order valence-corrected chi connectivity index (χ0v) is 15.2. The van der Waals surface area contributed by atoms with Gasteiger partial charge in [0.25, 0.3) is 0 Å². The van der Waals surface area contributed by atoms with E-state index in [4.69, 9.17) is 10.5 Å². The standard InChI is InChI=1S/C20H32N2O2/c1-3-5-6-7-12-24-19-10-8-16(9-11-19)13-20(23)22(4-2)18-14-17(21)15-18/h8-11,17-18H,3-7,12-15,21H2,1-2H3. The molecular weight excluding hydrogens is 300 g/mol. The van der Waals surface area contributed by atoms with E-state index in [2.05, 4.69) is 6.92 Å². The number of benzene rings is 1. The first-order valence-electron chi connectivity index (χ1n) is 9.40. The monoisotopic (exact) mass is 332 g/mol. The zero-order chi connectivity index (χ0) is 17.4. The molecule has 4 heteroatoms. The van der Waals surface area contributed by atoms with Crippen LogP contribution in [-0.2, 0) is 11.2 Å². The van der Waals surface area contributed by atoms with Crippen molar-refractivity contribution in [3.8, 4) is 5.75 Å². The minimum absolute atomic E-state index is 0.197. The molecule has 1 aliphatic rings. The maximum Gasteiger partial charge on any atom is 0.227 e. The summed E-state index contributed by atoms with van der Waals surface area (Å²) in [5, 5.41) is 0. The van der Waals surface area contributed by atoms with Crippen LogP contribution in [-0.4, -0.2) is 36.0 Å². The third-order valence-corrected chi connectivity index (χ3v) is 4.80. The van der Waals surface area contributed by atoms with Crippen LogP contribution >= 0.6 is 0 Å². The molecule has 0 saturated heterocycles. The lowest BCUT2D eigenvalue weighted by Gasteiger charge is -2.41. The second-order valence-electron chi connectivity index (χ2n) is 6.79. The zero-order valence-electron chi connectivity index (χ0n) is 15.2. The Balaban J connectivity index is 1.77. The normalized spacial score (nSPS) is 19.6. The first-order valence-corrected chi connectivity index (χ1v) is 9.40. The Morgan fingerprint density at radius 2 is 1.88 bits per heavy atom. The molecule has 0 atom stereocenters. The lowest BCUT2D eigenvalue weighted by Crippen LogP contribution is -2.53. The van der Waals surface area contributed by atoms with Gasteiger partial charge in [-0.1, -0.05) is 38.3 Å². The van der Waals surface area contributed by atoms with Crippen LogP contribution in [0.5, 0.6) is 5.75 Å².